The molecule has 0 radical (unpaired) electrons. The molecule has 110 valence electrons. The third-order valence-corrected chi connectivity index (χ3v) is 5.46. The summed E-state index contributed by atoms with van der Waals surface area (Å²) in [5.41, 5.74) is 7.92. The fourth-order valence-electron chi connectivity index (χ4n) is 2.41. The van der Waals surface area contributed by atoms with Crippen LogP contribution in [0.2, 0.25) is 0 Å². The van der Waals surface area contributed by atoms with Crippen LogP contribution in [0.5, 0.6) is 0 Å². The lowest BCUT2D eigenvalue weighted by Crippen LogP contribution is -2.34. The number of nitrogens with two attached hydrogens (primary N) is 1. The van der Waals surface area contributed by atoms with Crippen LogP contribution in [0.1, 0.15) is 12.0 Å². The number of nitrogens with one attached hydrogen (secondary N) is 1. The van der Waals surface area contributed by atoms with Crippen LogP contribution in [0.3, 0.4) is 0 Å². The van der Waals surface area contributed by atoms with Crippen molar-refractivity contribution in [3.8, 4) is 0 Å². The summed E-state index contributed by atoms with van der Waals surface area (Å²) >= 11 is 0. The van der Waals surface area contributed by atoms with Crippen molar-refractivity contribution >= 4 is 21.4 Å². The quantitative estimate of drug-likeness (QED) is 0.898. The van der Waals surface area contributed by atoms with Crippen molar-refractivity contribution in [3.05, 3.63) is 48.2 Å². The molecule has 2 aromatic rings. The van der Waals surface area contributed by atoms with Gasteiger partial charge in [0.25, 0.3) is 0 Å². The maximum atomic E-state index is 12.5. The summed E-state index contributed by atoms with van der Waals surface area (Å²) in [6.07, 6.45) is 3.88. The zero-order valence-corrected chi connectivity index (χ0v) is 12.2. The van der Waals surface area contributed by atoms with E-state index in [0.29, 0.717) is 19.5 Å². The Morgan fingerprint density at radius 2 is 2.00 bits per heavy atom. The Labute approximate surface area is 123 Å². The molecule has 0 aliphatic carbocycles. The lowest BCUT2D eigenvalue weighted by Gasteiger charge is -2.25. The Morgan fingerprint density at radius 1 is 1.24 bits per heavy atom. The van der Waals surface area contributed by atoms with Gasteiger partial charge >= 0.3 is 0 Å². The zero-order valence-electron chi connectivity index (χ0n) is 11.4. The number of anilines is 1. The van der Waals surface area contributed by atoms with Gasteiger partial charge in [-0.25, -0.2) is 8.42 Å². The van der Waals surface area contributed by atoms with Crippen LogP contribution < -0.4 is 5.73 Å². The van der Waals surface area contributed by atoms with Crippen LogP contribution in [-0.2, 0) is 10.0 Å². The van der Waals surface area contributed by atoms with Gasteiger partial charge in [0.2, 0.25) is 10.0 Å². The number of benzene rings is 1. The lowest BCUT2D eigenvalue weighted by atomic mass is 10.0. The molecule has 0 amide bonds. The number of nitrogens with zero attached hydrogens (tertiary/aromatic N) is 2. The first-order valence-corrected chi connectivity index (χ1v) is 8.06. The Hall–Kier alpha value is -2.12. The summed E-state index contributed by atoms with van der Waals surface area (Å²) < 4.78 is 26.4. The second-order valence-electron chi connectivity index (χ2n) is 4.86. The second-order valence-corrected chi connectivity index (χ2v) is 6.76. The van der Waals surface area contributed by atoms with E-state index in [2.05, 4.69) is 10.2 Å². The minimum Gasteiger partial charge on any atom is -0.383 e. The highest BCUT2D eigenvalue weighted by Gasteiger charge is 2.29. The fourth-order valence-corrected chi connectivity index (χ4v) is 3.80. The molecule has 3 N–H and O–H groups in total. The van der Waals surface area contributed by atoms with Crippen LogP contribution in [-0.4, -0.2) is 36.0 Å². The molecule has 1 aromatic heterocycles. The van der Waals surface area contributed by atoms with E-state index in [1.807, 2.05) is 36.4 Å². The SMILES string of the molecule is Nc1[nH]ncc1S(=O)(=O)N1CC=C(c2ccccc2)CC1. The van der Waals surface area contributed by atoms with E-state index in [0.717, 1.165) is 5.56 Å². The van der Waals surface area contributed by atoms with E-state index in [-0.39, 0.29) is 10.7 Å². The third-order valence-electron chi connectivity index (χ3n) is 3.57. The molecule has 0 fully saturated rings. The van der Waals surface area contributed by atoms with Gasteiger partial charge in [0.05, 0.1) is 6.20 Å². The van der Waals surface area contributed by atoms with Gasteiger partial charge in [-0.15, -0.1) is 0 Å². The van der Waals surface area contributed by atoms with Crippen LogP contribution in [0.15, 0.2) is 47.5 Å². The Morgan fingerprint density at radius 3 is 2.57 bits per heavy atom. The van der Waals surface area contributed by atoms with E-state index in [1.165, 1.54) is 16.1 Å². The number of rotatable bonds is 3. The van der Waals surface area contributed by atoms with Crippen molar-refractivity contribution in [2.45, 2.75) is 11.3 Å². The van der Waals surface area contributed by atoms with Gasteiger partial charge in [0.1, 0.15) is 10.7 Å². The van der Waals surface area contributed by atoms with Crippen LogP contribution >= 0.6 is 0 Å². The molecular weight excluding hydrogens is 288 g/mol. The van der Waals surface area contributed by atoms with Crippen molar-refractivity contribution in [1.82, 2.24) is 14.5 Å². The van der Waals surface area contributed by atoms with E-state index in [4.69, 9.17) is 5.73 Å². The molecule has 0 saturated carbocycles. The number of nitrogen functional groups attached to an aromatic ring is 1. The smallest absolute Gasteiger partial charge is 0.248 e. The summed E-state index contributed by atoms with van der Waals surface area (Å²) in [5, 5.41) is 6.13. The van der Waals surface area contributed by atoms with Gasteiger partial charge in [-0.1, -0.05) is 36.4 Å². The van der Waals surface area contributed by atoms with E-state index in [1.54, 1.807) is 0 Å². The first kappa shape index (κ1) is 13.8. The molecule has 0 bridgehead atoms. The third kappa shape index (κ3) is 2.57. The molecule has 3 rings (SSSR count). The normalized spacial score (nSPS) is 16.7. The molecule has 21 heavy (non-hydrogen) atoms. The topological polar surface area (TPSA) is 92.1 Å². The predicted octanol–water partition coefficient (Wildman–Crippen LogP) is 1.47. The molecule has 0 atom stereocenters. The first-order valence-electron chi connectivity index (χ1n) is 6.62. The Balaban J connectivity index is 1.83. The monoisotopic (exact) mass is 304 g/mol. The van der Waals surface area contributed by atoms with E-state index < -0.39 is 10.0 Å². The van der Waals surface area contributed by atoms with Gasteiger partial charge in [-0.3, -0.25) is 5.10 Å². The Bertz CT molecular complexity index is 765. The molecular formula is C14H16N4O2S. The molecule has 1 aliphatic rings. The van der Waals surface area contributed by atoms with Gasteiger partial charge in [0, 0.05) is 13.1 Å². The number of hydrogen-bond donors (Lipinski definition) is 2. The molecule has 7 heteroatoms. The molecule has 2 heterocycles. The van der Waals surface area contributed by atoms with Crippen molar-refractivity contribution in [3.63, 3.8) is 0 Å². The highest BCUT2D eigenvalue weighted by molar-refractivity contribution is 7.89. The number of hydrogen-bond acceptors (Lipinski definition) is 4. The summed E-state index contributed by atoms with van der Waals surface area (Å²) in [6, 6.07) is 9.98. The number of sulfonamides is 1. The summed E-state index contributed by atoms with van der Waals surface area (Å²) in [5.74, 6) is 0.0767. The maximum absolute atomic E-state index is 12.5. The van der Waals surface area contributed by atoms with Gasteiger partial charge in [-0.05, 0) is 17.6 Å². The summed E-state index contributed by atoms with van der Waals surface area (Å²) in [7, 11) is -3.58. The zero-order chi connectivity index (χ0) is 14.9. The minimum absolute atomic E-state index is 0.0408. The molecule has 1 aliphatic heterocycles. The highest BCUT2D eigenvalue weighted by atomic mass is 32.2. The highest BCUT2D eigenvalue weighted by Crippen LogP contribution is 2.27. The van der Waals surface area contributed by atoms with E-state index >= 15 is 0 Å². The first-order chi connectivity index (χ1) is 10.1. The lowest BCUT2D eigenvalue weighted by molar-refractivity contribution is 0.441. The average Bonchev–Trinajstić information content (AvgIpc) is 2.95. The Kier molecular flexibility index (Phi) is 3.52. The van der Waals surface area contributed by atoms with Crippen molar-refractivity contribution in [1.29, 1.82) is 0 Å². The summed E-state index contributed by atoms with van der Waals surface area (Å²) in [6.45, 7) is 0.783. The van der Waals surface area contributed by atoms with Gasteiger partial charge < -0.3 is 5.73 Å². The standard InChI is InChI=1S/C14H16N4O2S/c15-14-13(10-16-17-14)21(19,20)18-8-6-12(7-9-18)11-4-2-1-3-5-11/h1-6,10H,7-9H2,(H3,15,16,17). The van der Waals surface area contributed by atoms with Crippen LogP contribution in [0.4, 0.5) is 5.82 Å². The largest absolute Gasteiger partial charge is 0.383 e. The van der Waals surface area contributed by atoms with E-state index in [9.17, 15) is 8.42 Å². The van der Waals surface area contributed by atoms with Crippen molar-refractivity contribution in [2.24, 2.45) is 0 Å². The van der Waals surface area contributed by atoms with Crippen molar-refractivity contribution in [2.75, 3.05) is 18.8 Å². The molecule has 0 unspecified atom stereocenters. The molecule has 6 nitrogen and oxygen atoms in total. The van der Waals surface area contributed by atoms with Crippen molar-refractivity contribution < 1.29 is 8.42 Å². The number of aromatic nitrogens is 2. The molecule has 1 aromatic carbocycles. The van der Waals surface area contributed by atoms with Gasteiger partial charge in [-0.2, -0.15) is 9.40 Å². The molecule has 0 saturated heterocycles. The van der Waals surface area contributed by atoms with Crippen LogP contribution in [0.25, 0.3) is 5.57 Å². The maximum Gasteiger partial charge on any atom is 0.248 e. The minimum atomic E-state index is -3.58. The second kappa shape index (κ2) is 5.34. The molecule has 0 spiro atoms. The fraction of sp³-hybridized carbons (Fsp3) is 0.214. The number of aromatic amines is 1. The number of H-pyrrole nitrogens is 1. The van der Waals surface area contributed by atoms with Gasteiger partial charge in [0.15, 0.2) is 0 Å². The predicted molar refractivity (Wildman–Crippen MR) is 80.8 cm³/mol. The average molecular weight is 304 g/mol. The summed E-state index contributed by atoms with van der Waals surface area (Å²) in [4.78, 5) is 0.0408. The van der Waals surface area contributed by atoms with Crippen LogP contribution in [0, 0.1) is 0 Å².